The maximum atomic E-state index is 11.5. The maximum Gasteiger partial charge on any atom is 0.227 e. The summed E-state index contributed by atoms with van der Waals surface area (Å²) in [4.78, 5) is 23.0. The first-order valence-corrected chi connectivity index (χ1v) is 5.80. The standard InChI is InChI=1S/C14H17NO2/c1-9-4-10(2)6-11(5-9)14(3)7-12(16)15-13(17)8-14/h4-6H,7-8H2,1-3H3,(H,15,16,17). The number of amides is 2. The zero-order valence-corrected chi connectivity index (χ0v) is 10.5. The van der Waals surface area contributed by atoms with Gasteiger partial charge in [0.1, 0.15) is 0 Å². The average molecular weight is 231 g/mol. The Morgan fingerprint density at radius 3 is 1.94 bits per heavy atom. The molecule has 1 heterocycles. The molecule has 0 spiro atoms. The predicted octanol–water partition coefficient (Wildman–Crippen LogP) is 2.00. The van der Waals surface area contributed by atoms with E-state index in [-0.39, 0.29) is 17.2 Å². The minimum atomic E-state index is -0.365. The fourth-order valence-corrected chi connectivity index (χ4v) is 2.54. The summed E-state index contributed by atoms with van der Waals surface area (Å²) < 4.78 is 0. The summed E-state index contributed by atoms with van der Waals surface area (Å²) in [5.41, 5.74) is 3.05. The van der Waals surface area contributed by atoms with E-state index in [2.05, 4.69) is 23.5 Å². The SMILES string of the molecule is Cc1cc(C)cc(C2(C)CC(=O)NC(=O)C2)c1. The normalized spacial score (nSPS) is 19.0. The third-order valence-corrected chi connectivity index (χ3v) is 3.30. The molecule has 0 saturated carbocycles. The molecule has 2 rings (SSSR count). The number of carbonyl (C=O) groups excluding carboxylic acids is 2. The number of carbonyl (C=O) groups is 2. The Kier molecular flexibility index (Phi) is 2.77. The Balaban J connectivity index is 2.43. The Morgan fingerprint density at radius 2 is 1.47 bits per heavy atom. The molecule has 0 unspecified atom stereocenters. The lowest BCUT2D eigenvalue weighted by Crippen LogP contribution is -2.45. The van der Waals surface area contributed by atoms with E-state index in [4.69, 9.17) is 0 Å². The van der Waals surface area contributed by atoms with Crippen molar-refractivity contribution in [3.63, 3.8) is 0 Å². The molecule has 1 saturated heterocycles. The second-order valence-corrected chi connectivity index (χ2v) is 5.26. The van der Waals surface area contributed by atoms with Crippen molar-refractivity contribution in [1.82, 2.24) is 5.32 Å². The van der Waals surface area contributed by atoms with Crippen LogP contribution in [-0.2, 0) is 15.0 Å². The molecular formula is C14H17NO2. The minimum Gasteiger partial charge on any atom is -0.296 e. The van der Waals surface area contributed by atoms with Gasteiger partial charge in [0.15, 0.2) is 0 Å². The molecule has 1 N–H and O–H groups in total. The maximum absolute atomic E-state index is 11.5. The molecule has 1 aliphatic rings. The van der Waals surface area contributed by atoms with Gasteiger partial charge in [0.05, 0.1) is 0 Å². The van der Waals surface area contributed by atoms with Gasteiger partial charge < -0.3 is 0 Å². The van der Waals surface area contributed by atoms with E-state index in [1.807, 2.05) is 20.8 Å². The molecule has 1 aromatic carbocycles. The first-order valence-electron chi connectivity index (χ1n) is 5.80. The highest BCUT2D eigenvalue weighted by Crippen LogP contribution is 2.34. The molecular weight excluding hydrogens is 214 g/mol. The van der Waals surface area contributed by atoms with Gasteiger partial charge in [0.2, 0.25) is 11.8 Å². The lowest BCUT2D eigenvalue weighted by molar-refractivity contribution is -0.135. The first-order chi connectivity index (χ1) is 7.89. The zero-order chi connectivity index (χ0) is 12.6. The van der Waals surface area contributed by atoms with Crippen LogP contribution in [0.15, 0.2) is 18.2 Å². The van der Waals surface area contributed by atoms with Crippen LogP contribution >= 0.6 is 0 Å². The summed E-state index contributed by atoms with van der Waals surface area (Å²) in [6.07, 6.45) is 0.753. The fraction of sp³-hybridized carbons (Fsp3) is 0.429. The van der Waals surface area contributed by atoms with Crippen LogP contribution in [0.1, 0.15) is 36.5 Å². The van der Waals surface area contributed by atoms with Crippen molar-refractivity contribution in [3.05, 3.63) is 34.9 Å². The third-order valence-electron chi connectivity index (χ3n) is 3.30. The molecule has 1 aromatic rings. The van der Waals surface area contributed by atoms with E-state index in [9.17, 15) is 9.59 Å². The van der Waals surface area contributed by atoms with Crippen LogP contribution in [0, 0.1) is 13.8 Å². The highest BCUT2D eigenvalue weighted by molar-refractivity contribution is 5.99. The van der Waals surface area contributed by atoms with E-state index in [0.29, 0.717) is 12.8 Å². The Labute approximate surface area is 101 Å². The average Bonchev–Trinajstić information content (AvgIpc) is 2.13. The molecule has 3 heteroatoms. The number of nitrogens with one attached hydrogen (secondary N) is 1. The van der Waals surface area contributed by atoms with Gasteiger partial charge in [-0.15, -0.1) is 0 Å². The van der Waals surface area contributed by atoms with Crippen molar-refractivity contribution >= 4 is 11.8 Å². The largest absolute Gasteiger partial charge is 0.296 e. The molecule has 0 aliphatic carbocycles. The van der Waals surface area contributed by atoms with Crippen LogP contribution in [-0.4, -0.2) is 11.8 Å². The fourth-order valence-electron chi connectivity index (χ4n) is 2.54. The van der Waals surface area contributed by atoms with Crippen molar-refractivity contribution < 1.29 is 9.59 Å². The van der Waals surface area contributed by atoms with Gasteiger partial charge in [0, 0.05) is 18.3 Å². The molecule has 3 nitrogen and oxygen atoms in total. The summed E-state index contributed by atoms with van der Waals surface area (Å²) in [7, 11) is 0. The summed E-state index contributed by atoms with van der Waals surface area (Å²) in [6, 6.07) is 6.23. The van der Waals surface area contributed by atoms with Crippen molar-refractivity contribution in [2.24, 2.45) is 0 Å². The lowest BCUT2D eigenvalue weighted by Gasteiger charge is -2.33. The number of hydrogen-bond acceptors (Lipinski definition) is 2. The van der Waals surface area contributed by atoms with Crippen LogP contribution in [0.5, 0.6) is 0 Å². The summed E-state index contributed by atoms with van der Waals surface area (Å²) >= 11 is 0. The molecule has 17 heavy (non-hydrogen) atoms. The highest BCUT2D eigenvalue weighted by atomic mass is 16.2. The smallest absolute Gasteiger partial charge is 0.227 e. The molecule has 1 aliphatic heterocycles. The number of imide groups is 1. The van der Waals surface area contributed by atoms with Crippen molar-refractivity contribution in [2.75, 3.05) is 0 Å². The Hall–Kier alpha value is -1.64. The van der Waals surface area contributed by atoms with Crippen molar-refractivity contribution in [1.29, 1.82) is 0 Å². The van der Waals surface area contributed by atoms with E-state index >= 15 is 0 Å². The molecule has 2 amide bonds. The van der Waals surface area contributed by atoms with E-state index < -0.39 is 0 Å². The van der Waals surface area contributed by atoms with Crippen LogP contribution in [0.3, 0.4) is 0 Å². The zero-order valence-electron chi connectivity index (χ0n) is 10.5. The van der Waals surface area contributed by atoms with Gasteiger partial charge in [0.25, 0.3) is 0 Å². The van der Waals surface area contributed by atoms with Gasteiger partial charge in [-0.05, 0) is 19.4 Å². The quantitative estimate of drug-likeness (QED) is 0.751. The van der Waals surface area contributed by atoms with E-state index in [1.54, 1.807) is 0 Å². The number of hydrogen-bond donors (Lipinski definition) is 1. The summed E-state index contributed by atoms with van der Waals surface area (Å²) in [6.45, 7) is 6.05. The summed E-state index contributed by atoms with van der Waals surface area (Å²) in [5.74, 6) is -0.356. The van der Waals surface area contributed by atoms with Crippen molar-refractivity contribution in [3.8, 4) is 0 Å². The highest BCUT2D eigenvalue weighted by Gasteiger charge is 2.37. The van der Waals surface area contributed by atoms with Crippen LogP contribution in [0.25, 0.3) is 0 Å². The van der Waals surface area contributed by atoms with Crippen molar-refractivity contribution in [2.45, 2.75) is 39.0 Å². The molecule has 0 atom stereocenters. The van der Waals surface area contributed by atoms with Crippen LogP contribution in [0.4, 0.5) is 0 Å². The third kappa shape index (κ3) is 2.38. The number of rotatable bonds is 1. The lowest BCUT2D eigenvalue weighted by atomic mass is 9.74. The second kappa shape index (κ2) is 3.99. The number of aryl methyl sites for hydroxylation is 2. The van der Waals surface area contributed by atoms with Gasteiger partial charge >= 0.3 is 0 Å². The number of benzene rings is 1. The van der Waals surface area contributed by atoms with E-state index in [0.717, 1.165) is 5.56 Å². The monoisotopic (exact) mass is 231 g/mol. The first kappa shape index (κ1) is 11.8. The predicted molar refractivity (Wildman–Crippen MR) is 65.7 cm³/mol. The minimum absolute atomic E-state index is 0.178. The van der Waals surface area contributed by atoms with Gasteiger partial charge in [-0.25, -0.2) is 0 Å². The van der Waals surface area contributed by atoms with Gasteiger partial charge in [-0.1, -0.05) is 36.2 Å². The van der Waals surface area contributed by atoms with Crippen LogP contribution < -0.4 is 5.32 Å². The Bertz CT molecular complexity index is 455. The Morgan fingerprint density at radius 1 is 1.00 bits per heavy atom. The molecule has 90 valence electrons. The number of piperidine rings is 1. The van der Waals surface area contributed by atoms with Gasteiger partial charge in [-0.2, -0.15) is 0 Å². The second-order valence-electron chi connectivity index (χ2n) is 5.26. The van der Waals surface area contributed by atoms with Gasteiger partial charge in [-0.3, -0.25) is 14.9 Å². The van der Waals surface area contributed by atoms with Crippen LogP contribution in [0.2, 0.25) is 0 Å². The topological polar surface area (TPSA) is 46.2 Å². The molecule has 0 bridgehead atoms. The summed E-state index contributed by atoms with van der Waals surface area (Å²) in [5, 5.41) is 2.36. The molecule has 0 aromatic heterocycles. The molecule has 1 fully saturated rings. The molecule has 0 radical (unpaired) electrons. The van der Waals surface area contributed by atoms with E-state index in [1.165, 1.54) is 11.1 Å².